The number of anilines is 2. The molecule has 0 bridgehead atoms. The molecule has 0 spiro atoms. The number of para-hydroxylation sites is 1. The fraction of sp³-hybridized carbons (Fsp3) is 0.182. The molecule has 2 aromatic carbocycles. The quantitative estimate of drug-likeness (QED) is 0.575. The second-order valence-electron chi connectivity index (χ2n) is 7.24. The Balaban J connectivity index is 1.47. The van der Waals surface area contributed by atoms with Crippen LogP contribution in [0.3, 0.4) is 0 Å². The van der Waals surface area contributed by atoms with E-state index in [9.17, 15) is 18.0 Å². The summed E-state index contributed by atoms with van der Waals surface area (Å²) in [6.45, 7) is 1.81. The number of nitrogens with one attached hydrogen (secondary N) is 1. The van der Waals surface area contributed by atoms with Gasteiger partial charge in [0.15, 0.2) is 0 Å². The highest BCUT2D eigenvalue weighted by molar-refractivity contribution is 7.89. The Morgan fingerprint density at radius 2 is 1.56 bits per heavy atom. The highest BCUT2D eigenvalue weighted by Gasteiger charge is 2.32. The molecule has 1 saturated heterocycles. The minimum atomic E-state index is -3.82. The van der Waals surface area contributed by atoms with Crippen LogP contribution >= 0.6 is 11.3 Å². The Bertz CT molecular complexity index is 1220. The molecule has 8 nitrogen and oxygen atoms in total. The highest BCUT2D eigenvalue weighted by atomic mass is 32.2. The molecule has 0 saturated carbocycles. The maximum atomic E-state index is 13.3. The van der Waals surface area contributed by atoms with Crippen molar-refractivity contribution in [3.63, 3.8) is 0 Å². The Labute approximate surface area is 190 Å². The Morgan fingerprint density at radius 3 is 2.19 bits per heavy atom. The monoisotopic (exact) mass is 470 g/mol. The van der Waals surface area contributed by atoms with E-state index in [4.69, 9.17) is 5.73 Å². The molecular weight excluding hydrogens is 448 g/mol. The number of benzene rings is 2. The summed E-state index contributed by atoms with van der Waals surface area (Å²) in [6, 6.07) is 17.4. The Morgan fingerprint density at radius 1 is 0.906 bits per heavy atom. The largest absolute Gasteiger partial charge is 0.369 e. The zero-order valence-electron chi connectivity index (χ0n) is 17.1. The van der Waals surface area contributed by atoms with E-state index in [0.29, 0.717) is 37.4 Å². The minimum absolute atomic E-state index is 0.00178. The summed E-state index contributed by atoms with van der Waals surface area (Å²) in [4.78, 5) is 26.3. The van der Waals surface area contributed by atoms with Gasteiger partial charge < -0.3 is 16.0 Å². The summed E-state index contributed by atoms with van der Waals surface area (Å²) >= 11 is 1.07. The fourth-order valence-corrected chi connectivity index (χ4v) is 6.25. The van der Waals surface area contributed by atoms with Crippen LogP contribution < -0.4 is 16.0 Å². The molecule has 0 atom stereocenters. The van der Waals surface area contributed by atoms with Crippen molar-refractivity contribution in [3.05, 3.63) is 76.5 Å². The van der Waals surface area contributed by atoms with E-state index < -0.39 is 21.8 Å². The van der Waals surface area contributed by atoms with Crippen LogP contribution in [-0.2, 0) is 10.0 Å². The van der Waals surface area contributed by atoms with Crippen molar-refractivity contribution in [3.8, 4) is 0 Å². The van der Waals surface area contributed by atoms with Gasteiger partial charge in [-0.05, 0) is 47.8 Å². The maximum absolute atomic E-state index is 13.3. The molecule has 166 valence electrons. The number of rotatable bonds is 6. The van der Waals surface area contributed by atoms with Gasteiger partial charge in [-0.25, -0.2) is 8.42 Å². The molecule has 1 aliphatic heterocycles. The molecule has 4 rings (SSSR count). The van der Waals surface area contributed by atoms with Gasteiger partial charge in [-0.3, -0.25) is 9.59 Å². The van der Waals surface area contributed by atoms with Crippen LogP contribution in [0, 0.1) is 0 Å². The van der Waals surface area contributed by atoms with Crippen molar-refractivity contribution >= 4 is 44.5 Å². The lowest BCUT2D eigenvalue weighted by Crippen LogP contribution is -2.48. The van der Waals surface area contributed by atoms with Crippen molar-refractivity contribution in [2.75, 3.05) is 36.4 Å². The number of nitrogens with two attached hydrogens (primary N) is 1. The topological polar surface area (TPSA) is 113 Å². The first-order chi connectivity index (χ1) is 15.4. The van der Waals surface area contributed by atoms with Crippen molar-refractivity contribution in [1.29, 1.82) is 0 Å². The Kier molecular flexibility index (Phi) is 6.26. The van der Waals surface area contributed by atoms with E-state index >= 15 is 0 Å². The second kappa shape index (κ2) is 9.11. The number of hydrogen-bond acceptors (Lipinski definition) is 6. The number of sulfonamides is 1. The smallest absolute Gasteiger partial charge is 0.267 e. The summed E-state index contributed by atoms with van der Waals surface area (Å²) in [7, 11) is -3.82. The molecule has 2 heterocycles. The Hall–Kier alpha value is -3.21. The molecule has 1 aliphatic rings. The first kappa shape index (κ1) is 22.0. The zero-order chi connectivity index (χ0) is 22.7. The predicted molar refractivity (Wildman–Crippen MR) is 125 cm³/mol. The molecule has 2 amide bonds. The predicted octanol–water partition coefficient (Wildman–Crippen LogP) is 2.61. The van der Waals surface area contributed by atoms with Gasteiger partial charge in [-0.2, -0.15) is 4.31 Å². The van der Waals surface area contributed by atoms with Gasteiger partial charge in [0, 0.05) is 43.1 Å². The third-order valence-electron chi connectivity index (χ3n) is 5.24. The van der Waals surface area contributed by atoms with Gasteiger partial charge >= 0.3 is 0 Å². The van der Waals surface area contributed by atoms with Crippen LogP contribution in [0.4, 0.5) is 11.4 Å². The van der Waals surface area contributed by atoms with E-state index in [1.165, 1.54) is 22.5 Å². The molecule has 3 N–H and O–H groups in total. The number of carbonyl (C=O) groups excluding carboxylic acids is 2. The van der Waals surface area contributed by atoms with Crippen LogP contribution in [0.1, 0.15) is 20.0 Å². The summed E-state index contributed by atoms with van der Waals surface area (Å²) in [5.74, 6) is -1.09. The molecule has 0 unspecified atom stereocenters. The van der Waals surface area contributed by atoms with Crippen LogP contribution in [0.15, 0.2) is 70.9 Å². The maximum Gasteiger partial charge on any atom is 0.267 e. The van der Waals surface area contributed by atoms with Gasteiger partial charge in [0.05, 0.1) is 0 Å². The lowest BCUT2D eigenvalue weighted by molar-refractivity contribution is 0.0998. The van der Waals surface area contributed by atoms with Crippen LogP contribution in [-0.4, -0.2) is 50.7 Å². The van der Waals surface area contributed by atoms with Gasteiger partial charge in [-0.15, -0.1) is 11.3 Å². The van der Waals surface area contributed by atoms with Gasteiger partial charge in [0.25, 0.3) is 5.91 Å². The molecule has 0 radical (unpaired) electrons. The number of thiophene rings is 1. The summed E-state index contributed by atoms with van der Waals surface area (Å²) in [5, 5.41) is 4.28. The zero-order valence-corrected chi connectivity index (χ0v) is 18.7. The highest BCUT2D eigenvalue weighted by Crippen LogP contribution is 2.28. The summed E-state index contributed by atoms with van der Waals surface area (Å²) in [6.07, 6.45) is 0. The number of hydrogen-bond donors (Lipinski definition) is 2. The van der Waals surface area contributed by atoms with Gasteiger partial charge in [0.2, 0.25) is 15.9 Å². The van der Waals surface area contributed by atoms with Crippen molar-refractivity contribution in [2.45, 2.75) is 4.90 Å². The first-order valence-electron chi connectivity index (χ1n) is 9.95. The molecule has 3 aromatic rings. The number of amides is 2. The lowest BCUT2D eigenvalue weighted by atomic mass is 10.2. The standard InChI is InChI=1S/C22H22N4O4S2/c23-21(27)16-6-8-17(9-7-16)24-22(28)20-19(10-15-31-20)32(29,30)26-13-11-25(12-14-26)18-4-2-1-3-5-18/h1-10,15H,11-14H2,(H2,23,27)(H,24,28). The van der Waals surface area contributed by atoms with Crippen LogP contribution in [0.25, 0.3) is 0 Å². The second-order valence-corrected chi connectivity index (χ2v) is 10.1. The number of piperazine rings is 1. The van der Waals surface area contributed by atoms with E-state index in [0.717, 1.165) is 17.0 Å². The summed E-state index contributed by atoms with van der Waals surface area (Å²) in [5.41, 5.74) is 7.04. The molecule has 32 heavy (non-hydrogen) atoms. The molecule has 0 aliphatic carbocycles. The van der Waals surface area contributed by atoms with Crippen molar-refractivity contribution in [2.24, 2.45) is 5.73 Å². The van der Waals surface area contributed by atoms with E-state index in [2.05, 4.69) is 10.2 Å². The average molecular weight is 471 g/mol. The molecule has 10 heteroatoms. The van der Waals surface area contributed by atoms with E-state index in [-0.39, 0.29) is 9.77 Å². The van der Waals surface area contributed by atoms with E-state index in [1.807, 2.05) is 30.3 Å². The SMILES string of the molecule is NC(=O)c1ccc(NC(=O)c2sccc2S(=O)(=O)N2CCN(c3ccccc3)CC2)cc1. The molecule has 1 fully saturated rings. The third kappa shape index (κ3) is 4.52. The van der Waals surface area contributed by atoms with Crippen molar-refractivity contribution < 1.29 is 18.0 Å². The normalized spacial score (nSPS) is 14.8. The minimum Gasteiger partial charge on any atom is -0.369 e. The summed E-state index contributed by atoms with van der Waals surface area (Å²) < 4.78 is 28.0. The van der Waals surface area contributed by atoms with Gasteiger partial charge in [-0.1, -0.05) is 18.2 Å². The number of primary amides is 1. The first-order valence-corrected chi connectivity index (χ1v) is 12.3. The van der Waals surface area contributed by atoms with Crippen LogP contribution in [0.2, 0.25) is 0 Å². The average Bonchev–Trinajstić information content (AvgIpc) is 3.31. The fourth-order valence-electron chi connectivity index (χ4n) is 3.54. The van der Waals surface area contributed by atoms with Crippen molar-refractivity contribution in [1.82, 2.24) is 4.31 Å². The van der Waals surface area contributed by atoms with Gasteiger partial charge in [0.1, 0.15) is 9.77 Å². The number of nitrogens with zero attached hydrogens (tertiary/aromatic N) is 2. The third-order valence-corrected chi connectivity index (χ3v) is 8.22. The van der Waals surface area contributed by atoms with E-state index in [1.54, 1.807) is 17.5 Å². The lowest BCUT2D eigenvalue weighted by Gasteiger charge is -2.35. The number of carbonyl (C=O) groups is 2. The molecule has 1 aromatic heterocycles. The van der Waals surface area contributed by atoms with Crippen LogP contribution in [0.5, 0.6) is 0 Å². The molecular formula is C22H22N4O4S2.